The quantitative estimate of drug-likeness (QED) is 0.295. The van der Waals surface area contributed by atoms with Gasteiger partial charge in [-0.25, -0.2) is 0 Å². The Balaban J connectivity index is 0.000000330. The number of hydrogen-bond acceptors (Lipinski definition) is 8. The Labute approximate surface area is 191 Å². The molecule has 0 unspecified atom stereocenters. The van der Waals surface area contributed by atoms with E-state index < -0.39 is 10.1 Å². The fourth-order valence-electron chi connectivity index (χ4n) is 2.28. The van der Waals surface area contributed by atoms with E-state index in [0.717, 1.165) is 17.4 Å². The van der Waals surface area contributed by atoms with Crippen LogP contribution in [0.3, 0.4) is 0 Å². The van der Waals surface area contributed by atoms with Crippen LogP contribution >= 0.6 is 0 Å². The molecule has 180 valence electrons. The van der Waals surface area contributed by atoms with Crippen LogP contribution in [0.1, 0.15) is 11.1 Å². The molecule has 0 aliphatic carbocycles. The average Bonchev–Trinajstić information content (AvgIpc) is 2.79. The van der Waals surface area contributed by atoms with Gasteiger partial charge in [-0.2, -0.15) is 8.42 Å². The molecule has 1 N–H and O–H groups in total. The highest BCUT2D eigenvalue weighted by Crippen LogP contribution is 2.00. The van der Waals surface area contributed by atoms with Crippen LogP contribution in [0.25, 0.3) is 0 Å². The van der Waals surface area contributed by atoms with Crippen LogP contribution in [0, 0.1) is 0 Å². The summed E-state index contributed by atoms with van der Waals surface area (Å²) < 4.78 is 46.7. The highest BCUT2D eigenvalue weighted by atomic mass is 32.2. The standard InChI is InChI=1S/C12H18O5S.C11H16O3/c1-18(13,14)17-10-9-15-7-8-16-11-12-5-3-2-4-6-12;12-6-7-13-8-9-14-10-11-4-2-1-3-5-11/h2-6H,7-11H2,1H3;1-5,12H,6-10H2. The monoisotopic (exact) mass is 470 g/mol. The van der Waals surface area contributed by atoms with Crippen LogP contribution in [0.4, 0.5) is 0 Å². The number of benzene rings is 2. The van der Waals surface area contributed by atoms with Crippen LogP contribution < -0.4 is 0 Å². The zero-order chi connectivity index (χ0) is 23.3. The van der Waals surface area contributed by atoms with Gasteiger partial charge in [-0.3, -0.25) is 4.18 Å². The van der Waals surface area contributed by atoms with Crippen LogP contribution in [0.2, 0.25) is 0 Å². The highest BCUT2D eigenvalue weighted by molar-refractivity contribution is 7.85. The number of aliphatic hydroxyl groups is 1. The molecule has 0 spiro atoms. The van der Waals surface area contributed by atoms with Gasteiger partial charge in [-0.1, -0.05) is 60.7 Å². The Bertz CT molecular complexity index is 769. The van der Waals surface area contributed by atoms with Gasteiger partial charge in [0.1, 0.15) is 0 Å². The molecule has 32 heavy (non-hydrogen) atoms. The van der Waals surface area contributed by atoms with Crippen molar-refractivity contribution in [2.75, 3.05) is 59.1 Å². The summed E-state index contributed by atoms with van der Waals surface area (Å²) in [5.74, 6) is 0. The lowest BCUT2D eigenvalue weighted by Gasteiger charge is -2.05. The second-order valence-electron chi connectivity index (χ2n) is 6.55. The topological polar surface area (TPSA) is 101 Å². The minimum absolute atomic E-state index is 0.0392. The smallest absolute Gasteiger partial charge is 0.264 e. The highest BCUT2D eigenvalue weighted by Gasteiger charge is 2.00. The maximum atomic E-state index is 10.6. The first-order valence-electron chi connectivity index (χ1n) is 10.4. The Hall–Kier alpha value is -1.85. The molecular weight excluding hydrogens is 436 g/mol. The third kappa shape index (κ3) is 17.8. The maximum Gasteiger partial charge on any atom is 0.264 e. The van der Waals surface area contributed by atoms with Crippen molar-refractivity contribution in [1.29, 1.82) is 0 Å². The summed E-state index contributed by atoms with van der Waals surface area (Å²) in [7, 11) is -3.37. The van der Waals surface area contributed by atoms with Gasteiger partial charge in [-0.05, 0) is 11.1 Å². The van der Waals surface area contributed by atoms with Gasteiger partial charge in [0.15, 0.2) is 0 Å². The van der Waals surface area contributed by atoms with E-state index in [4.69, 9.17) is 24.1 Å². The summed E-state index contributed by atoms with van der Waals surface area (Å²) in [5, 5.41) is 8.43. The predicted octanol–water partition coefficient (Wildman–Crippen LogP) is 2.41. The summed E-state index contributed by atoms with van der Waals surface area (Å²) in [6.45, 7) is 3.87. The van der Waals surface area contributed by atoms with E-state index in [1.807, 2.05) is 60.7 Å². The lowest BCUT2D eigenvalue weighted by atomic mass is 10.2. The second-order valence-corrected chi connectivity index (χ2v) is 8.19. The largest absolute Gasteiger partial charge is 0.394 e. The molecule has 0 heterocycles. The van der Waals surface area contributed by atoms with E-state index in [1.54, 1.807) is 0 Å². The molecular formula is C23H34O8S. The third-order valence-electron chi connectivity index (χ3n) is 3.73. The lowest BCUT2D eigenvalue weighted by molar-refractivity contribution is 0.0274. The average molecular weight is 471 g/mol. The molecule has 0 amide bonds. The zero-order valence-electron chi connectivity index (χ0n) is 18.6. The molecule has 0 aromatic heterocycles. The summed E-state index contributed by atoms with van der Waals surface area (Å²) in [6.07, 6.45) is 1.01. The first-order valence-corrected chi connectivity index (χ1v) is 12.2. The summed E-state index contributed by atoms with van der Waals surface area (Å²) in [6, 6.07) is 19.8. The SMILES string of the molecule is CS(=O)(=O)OCCOCCOCc1ccccc1.OCCOCCOCc1ccccc1. The van der Waals surface area contributed by atoms with Gasteiger partial charge < -0.3 is 24.1 Å². The van der Waals surface area contributed by atoms with Crippen LogP contribution in [0.15, 0.2) is 60.7 Å². The fourth-order valence-corrected chi connectivity index (χ4v) is 2.65. The molecule has 0 saturated heterocycles. The van der Waals surface area contributed by atoms with Crippen molar-refractivity contribution in [2.24, 2.45) is 0 Å². The van der Waals surface area contributed by atoms with Crippen molar-refractivity contribution in [2.45, 2.75) is 13.2 Å². The summed E-state index contributed by atoms with van der Waals surface area (Å²) in [4.78, 5) is 0. The predicted molar refractivity (Wildman–Crippen MR) is 122 cm³/mol. The Kier molecular flexibility index (Phi) is 16.5. The van der Waals surface area contributed by atoms with Crippen molar-refractivity contribution < 1.29 is 36.7 Å². The lowest BCUT2D eigenvalue weighted by Crippen LogP contribution is -2.12. The molecule has 2 rings (SSSR count). The number of hydrogen-bond donors (Lipinski definition) is 1. The van der Waals surface area contributed by atoms with E-state index >= 15 is 0 Å². The van der Waals surface area contributed by atoms with Gasteiger partial charge >= 0.3 is 0 Å². The van der Waals surface area contributed by atoms with Crippen molar-refractivity contribution in [3.8, 4) is 0 Å². The zero-order valence-corrected chi connectivity index (χ0v) is 19.4. The van der Waals surface area contributed by atoms with Crippen molar-refractivity contribution >= 4 is 10.1 Å². The van der Waals surface area contributed by atoms with Crippen LogP contribution in [-0.4, -0.2) is 72.6 Å². The van der Waals surface area contributed by atoms with Gasteiger partial charge in [0.05, 0.1) is 72.3 Å². The molecule has 0 fully saturated rings. The second kappa shape index (κ2) is 18.7. The van der Waals surface area contributed by atoms with Crippen molar-refractivity contribution in [3.63, 3.8) is 0 Å². The van der Waals surface area contributed by atoms with Gasteiger partial charge in [-0.15, -0.1) is 0 Å². The first-order chi connectivity index (χ1) is 15.5. The number of aliphatic hydroxyl groups excluding tert-OH is 1. The Morgan fingerprint density at radius 2 is 1.03 bits per heavy atom. The van der Waals surface area contributed by atoms with E-state index in [0.29, 0.717) is 46.2 Å². The van der Waals surface area contributed by atoms with E-state index in [1.165, 1.54) is 0 Å². The number of rotatable bonds is 16. The third-order valence-corrected chi connectivity index (χ3v) is 4.32. The van der Waals surface area contributed by atoms with Crippen molar-refractivity contribution in [3.05, 3.63) is 71.8 Å². The number of ether oxygens (including phenoxy) is 4. The molecule has 0 atom stereocenters. The normalized spacial score (nSPS) is 11.1. The minimum atomic E-state index is -3.37. The van der Waals surface area contributed by atoms with Crippen LogP contribution in [-0.2, 0) is 46.5 Å². The molecule has 0 aliphatic heterocycles. The van der Waals surface area contributed by atoms with E-state index in [9.17, 15) is 8.42 Å². The molecule has 0 aliphatic rings. The van der Waals surface area contributed by atoms with Crippen LogP contribution in [0.5, 0.6) is 0 Å². The minimum Gasteiger partial charge on any atom is -0.394 e. The van der Waals surface area contributed by atoms with E-state index in [2.05, 4.69) is 4.18 Å². The molecule has 8 nitrogen and oxygen atoms in total. The Morgan fingerprint density at radius 3 is 1.47 bits per heavy atom. The van der Waals surface area contributed by atoms with E-state index in [-0.39, 0.29) is 19.8 Å². The Morgan fingerprint density at radius 1 is 0.625 bits per heavy atom. The van der Waals surface area contributed by atoms with Gasteiger partial charge in [0.25, 0.3) is 10.1 Å². The molecule has 9 heteroatoms. The van der Waals surface area contributed by atoms with Crippen molar-refractivity contribution in [1.82, 2.24) is 0 Å². The first kappa shape index (κ1) is 28.2. The van der Waals surface area contributed by atoms with Gasteiger partial charge in [0, 0.05) is 0 Å². The molecule has 0 saturated carbocycles. The molecule has 0 bridgehead atoms. The molecule has 0 radical (unpaired) electrons. The van der Waals surface area contributed by atoms with Gasteiger partial charge in [0.2, 0.25) is 0 Å². The summed E-state index contributed by atoms with van der Waals surface area (Å²) >= 11 is 0. The maximum absolute atomic E-state index is 10.6. The fraction of sp³-hybridized carbons (Fsp3) is 0.478. The molecule has 2 aromatic carbocycles. The molecule has 2 aromatic rings. The summed E-state index contributed by atoms with van der Waals surface area (Å²) in [5.41, 5.74) is 2.27.